The summed E-state index contributed by atoms with van der Waals surface area (Å²) in [4.78, 5) is 83.3. The van der Waals surface area contributed by atoms with Gasteiger partial charge in [-0.3, -0.25) is 28.8 Å². The van der Waals surface area contributed by atoms with Gasteiger partial charge in [-0.1, -0.05) is 13.8 Å². The van der Waals surface area contributed by atoms with E-state index in [2.05, 4.69) is 33.9 Å². The molecular weight excluding hydrogens is 514 g/mol. The van der Waals surface area contributed by atoms with Crippen molar-refractivity contribution in [3.8, 4) is 0 Å². The fraction of sp³-hybridized carbons (Fsp3) is 0.650. The fourth-order valence-corrected chi connectivity index (χ4v) is 2.88. The smallest absolute Gasteiger partial charge is 0.328 e. The molecule has 0 unspecified atom stereocenters. The van der Waals surface area contributed by atoms with Crippen LogP contribution < -0.4 is 38.1 Å². The van der Waals surface area contributed by atoms with Crippen LogP contribution in [0.15, 0.2) is 0 Å². The number of nitrogens with one attached hydrogen (secondary N) is 5. The molecule has 0 fully saturated rings. The first kappa shape index (κ1) is 33.6. The number of aliphatic hydroxyl groups excluding tert-OH is 1. The van der Waals surface area contributed by atoms with E-state index in [0.29, 0.717) is 0 Å². The van der Waals surface area contributed by atoms with Crippen molar-refractivity contribution in [3.63, 3.8) is 0 Å². The summed E-state index contributed by atoms with van der Waals surface area (Å²) in [5.41, 5.74) is 10.8. The predicted molar refractivity (Wildman–Crippen MR) is 132 cm³/mol. The van der Waals surface area contributed by atoms with Gasteiger partial charge in [-0.2, -0.15) is 12.6 Å². The van der Waals surface area contributed by atoms with Crippen molar-refractivity contribution in [2.24, 2.45) is 17.4 Å². The predicted octanol–water partition coefficient (Wildman–Crippen LogP) is -5.07. The van der Waals surface area contributed by atoms with Crippen molar-refractivity contribution in [1.29, 1.82) is 0 Å². The molecule has 0 aliphatic rings. The molecule has 0 aliphatic carbocycles. The van der Waals surface area contributed by atoms with Gasteiger partial charge in [-0.25, -0.2) is 4.79 Å². The molecule has 0 saturated heterocycles. The molecule has 4 atom stereocenters. The Morgan fingerprint density at radius 1 is 0.811 bits per heavy atom. The molecule has 0 aromatic carbocycles. The SMILES string of the molecule is CC(C)C[C@H](NC(=O)[C@@H](N)CS)C(=O)N[C@@H](CC(N)=O)C(=O)NCC(=O)NCC(=O)N[C@@H](CO)C(=O)O. The average molecular weight is 550 g/mol. The molecule has 37 heavy (non-hydrogen) atoms. The lowest BCUT2D eigenvalue weighted by atomic mass is 10.0. The third-order valence-electron chi connectivity index (χ3n) is 4.60. The first-order valence-corrected chi connectivity index (χ1v) is 11.8. The Morgan fingerprint density at radius 2 is 1.38 bits per heavy atom. The lowest BCUT2D eigenvalue weighted by Gasteiger charge is -2.24. The minimum Gasteiger partial charge on any atom is -0.480 e. The molecule has 0 aliphatic heterocycles. The molecule has 0 radical (unpaired) electrons. The lowest BCUT2D eigenvalue weighted by Crippen LogP contribution is -2.57. The molecule has 0 aromatic heterocycles. The van der Waals surface area contributed by atoms with Crippen LogP contribution in [0.4, 0.5) is 0 Å². The fourth-order valence-electron chi connectivity index (χ4n) is 2.71. The van der Waals surface area contributed by atoms with Gasteiger partial charge < -0.3 is 48.3 Å². The summed E-state index contributed by atoms with van der Waals surface area (Å²) < 4.78 is 0. The summed E-state index contributed by atoms with van der Waals surface area (Å²) in [5.74, 6) is -6.55. The zero-order valence-electron chi connectivity index (χ0n) is 20.5. The van der Waals surface area contributed by atoms with Gasteiger partial charge in [0.2, 0.25) is 35.4 Å². The van der Waals surface area contributed by atoms with Gasteiger partial charge in [0, 0.05) is 5.75 Å². The zero-order chi connectivity index (χ0) is 28.7. The maximum Gasteiger partial charge on any atom is 0.328 e. The topological polar surface area (TPSA) is 272 Å². The van der Waals surface area contributed by atoms with Crippen molar-refractivity contribution in [2.75, 3.05) is 25.4 Å². The van der Waals surface area contributed by atoms with Crippen LogP contribution in [0, 0.1) is 5.92 Å². The van der Waals surface area contributed by atoms with Gasteiger partial charge in [-0.15, -0.1) is 0 Å². The van der Waals surface area contributed by atoms with E-state index in [-0.39, 0.29) is 18.1 Å². The van der Waals surface area contributed by atoms with E-state index < -0.39 is 91.7 Å². The standard InChI is InChI=1S/C20H35N7O9S/c1-9(2)3-11(26-17(32)10(21)8-37)19(34)27-12(4-14(22)29)18(33)24-5-15(30)23-6-16(31)25-13(7-28)20(35)36/h9-13,28,37H,3-8,21H2,1-2H3,(H2,22,29)(H,23,30)(H,24,33)(H,25,31)(H,26,32)(H,27,34)(H,35,36)/t10-,11-,12-,13-/m0/s1. The number of aliphatic hydroxyl groups is 1. The van der Waals surface area contributed by atoms with E-state index in [1.54, 1.807) is 13.8 Å². The maximum atomic E-state index is 12.8. The molecule has 11 N–H and O–H groups in total. The van der Waals surface area contributed by atoms with Crippen LogP contribution in [0.3, 0.4) is 0 Å². The number of nitrogens with two attached hydrogens (primary N) is 2. The molecule has 0 rings (SSSR count). The number of thiol groups is 1. The number of hydrogen-bond acceptors (Lipinski definition) is 10. The molecule has 16 nitrogen and oxygen atoms in total. The first-order valence-electron chi connectivity index (χ1n) is 11.1. The summed E-state index contributed by atoms with van der Waals surface area (Å²) in [6, 6.07) is -5.10. The second-order valence-corrected chi connectivity index (χ2v) is 8.71. The Bertz CT molecular complexity index is 856. The second kappa shape index (κ2) is 17.1. The molecule has 6 amide bonds. The summed E-state index contributed by atoms with van der Waals surface area (Å²) in [7, 11) is 0. The van der Waals surface area contributed by atoms with Gasteiger partial charge in [0.05, 0.1) is 32.2 Å². The van der Waals surface area contributed by atoms with Crippen LogP contribution in [0.25, 0.3) is 0 Å². The summed E-state index contributed by atoms with van der Waals surface area (Å²) in [6.07, 6.45) is -0.427. The molecule has 0 bridgehead atoms. The largest absolute Gasteiger partial charge is 0.480 e. The molecular formula is C20H35N7O9S. The van der Waals surface area contributed by atoms with E-state index in [1.807, 2.05) is 5.32 Å². The molecule has 210 valence electrons. The highest BCUT2D eigenvalue weighted by atomic mass is 32.1. The van der Waals surface area contributed by atoms with E-state index in [0.717, 1.165) is 0 Å². The number of rotatable bonds is 17. The van der Waals surface area contributed by atoms with Crippen molar-refractivity contribution < 1.29 is 43.8 Å². The van der Waals surface area contributed by atoms with Crippen molar-refractivity contribution in [1.82, 2.24) is 26.6 Å². The molecule has 0 spiro atoms. The number of carboxylic acid groups (broad SMARTS) is 1. The third kappa shape index (κ3) is 14.0. The number of aliphatic carboxylic acids is 1. The van der Waals surface area contributed by atoms with Crippen LogP contribution in [-0.2, 0) is 33.6 Å². The summed E-state index contributed by atoms with van der Waals surface area (Å²) in [6.45, 7) is 1.42. The number of hydrogen-bond donors (Lipinski definition) is 10. The van der Waals surface area contributed by atoms with Gasteiger partial charge in [-0.05, 0) is 12.3 Å². The monoisotopic (exact) mass is 549 g/mol. The number of carbonyl (C=O) groups excluding carboxylic acids is 6. The quantitative estimate of drug-likeness (QED) is 0.0771. The van der Waals surface area contributed by atoms with Gasteiger partial charge in [0.25, 0.3) is 0 Å². The average Bonchev–Trinajstić information content (AvgIpc) is 2.81. The van der Waals surface area contributed by atoms with Crippen LogP contribution in [0.5, 0.6) is 0 Å². The summed E-state index contributed by atoms with van der Waals surface area (Å²) in [5, 5.41) is 28.7. The summed E-state index contributed by atoms with van der Waals surface area (Å²) >= 11 is 3.93. The van der Waals surface area contributed by atoms with Gasteiger partial charge >= 0.3 is 5.97 Å². The normalized spacial score (nSPS) is 13.9. The zero-order valence-corrected chi connectivity index (χ0v) is 21.4. The van der Waals surface area contributed by atoms with E-state index >= 15 is 0 Å². The highest BCUT2D eigenvalue weighted by molar-refractivity contribution is 7.80. The van der Waals surface area contributed by atoms with Crippen LogP contribution in [0.1, 0.15) is 26.7 Å². The number of carbonyl (C=O) groups is 7. The number of primary amides is 1. The first-order chi connectivity index (χ1) is 17.2. The Balaban J connectivity index is 5.08. The maximum absolute atomic E-state index is 12.8. The molecule has 17 heteroatoms. The molecule has 0 aromatic rings. The van der Waals surface area contributed by atoms with Crippen molar-refractivity contribution in [2.45, 2.75) is 50.9 Å². The molecule has 0 saturated carbocycles. The number of carboxylic acids is 1. The van der Waals surface area contributed by atoms with E-state index in [4.69, 9.17) is 21.7 Å². The molecule has 0 heterocycles. The van der Waals surface area contributed by atoms with Crippen LogP contribution in [-0.4, -0.2) is 101 Å². The van der Waals surface area contributed by atoms with Crippen LogP contribution in [0.2, 0.25) is 0 Å². The third-order valence-corrected chi connectivity index (χ3v) is 4.99. The van der Waals surface area contributed by atoms with E-state index in [1.165, 1.54) is 0 Å². The minimum atomic E-state index is -1.56. The van der Waals surface area contributed by atoms with Gasteiger partial charge in [0.1, 0.15) is 18.1 Å². The van der Waals surface area contributed by atoms with E-state index in [9.17, 15) is 33.6 Å². The Labute approximate surface area is 218 Å². The van der Waals surface area contributed by atoms with Crippen LogP contribution >= 0.6 is 12.6 Å². The number of amides is 6. The Morgan fingerprint density at radius 3 is 1.86 bits per heavy atom. The highest BCUT2D eigenvalue weighted by Crippen LogP contribution is 2.07. The second-order valence-electron chi connectivity index (χ2n) is 8.35. The van der Waals surface area contributed by atoms with Crippen molar-refractivity contribution in [3.05, 3.63) is 0 Å². The highest BCUT2D eigenvalue weighted by Gasteiger charge is 2.29. The Kier molecular flexibility index (Phi) is 15.5. The lowest BCUT2D eigenvalue weighted by molar-refractivity contribution is -0.142. The minimum absolute atomic E-state index is 0.0276. The van der Waals surface area contributed by atoms with Crippen molar-refractivity contribution >= 4 is 54.0 Å². The Hall–Kier alpha value is -3.44. The van der Waals surface area contributed by atoms with Gasteiger partial charge in [0.15, 0.2) is 0 Å².